The van der Waals surface area contributed by atoms with Gasteiger partial charge in [-0.05, 0) is 6.42 Å². The number of hydrogen-bond donors (Lipinski definition) is 1. The highest BCUT2D eigenvalue weighted by Gasteiger charge is 2.00. The summed E-state index contributed by atoms with van der Waals surface area (Å²) >= 11 is 5.55. The average Bonchev–Trinajstić information content (AvgIpc) is 2.14. The lowest BCUT2D eigenvalue weighted by atomic mass is 10.3. The maximum Gasteiger partial charge on any atom is 0.328 e. The standard InChI is InChI=1S/C9H9ClN2O2/c1-2-3-4-5-12-6-7(10)8(13)11-9(12)14/h1,6H,3-5H2,(H,11,13,14). The molecular weight excluding hydrogens is 204 g/mol. The van der Waals surface area contributed by atoms with E-state index < -0.39 is 11.2 Å². The maximum atomic E-state index is 11.2. The molecule has 0 spiro atoms. The quantitative estimate of drug-likeness (QED) is 0.590. The lowest BCUT2D eigenvalue weighted by Crippen LogP contribution is -2.29. The third-order valence-corrected chi connectivity index (χ3v) is 1.96. The van der Waals surface area contributed by atoms with E-state index >= 15 is 0 Å². The third-order valence-electron chi connectivity index (χ3n) is 1.69. The summed E-state index contributed by atoms with van der Waals surface area (Å²) in [5.41, 5.74) is -1.03. The zero-order valence-corrected chi connectivity index (χ0v) is 8.17. The van der Waals surface area contributed by atoms with Gasteiger partial charge in [-0.2, -0.15) is 0 Å². The Morgan fingerprint density at radius 1 is 1.57 bits per heavy atom. The van der Waals surface area contributed by atoms with Gasteiger partial charge in [0.05, 0.1) is 0 Å². The first-order chi connectivity index (χ1) is 6.65. The number of rotatable bonds is 3. The number of halogens is 1. The molecule has 74 valence electrons. The molecule has 0 fully saturated rings. The zero-order valence-electron chi connectivity index (χ0n) is 7.42. The molecule has 5 heteroatoms. The Bertz CT molecular complexity index is 467. The Labute approximate surface area is 85.5 Å². The highest BCUT2D eigenvalue weighted by Crippen LogP contribution is 1.97. The summed E-state index contributed by atoms with van der Waals surface area (Å²) in [7, 11) is 0. The molecule has 0 atom stereocenters. The average molecular weight is 213 g/mol. The van der Waals surface area contributed by atoms with Crippen molar-refractivity contribution >= 4 is 11.6 Å². The predicted molar refractivity (Wildman–Crippen MR) is 54.4 cm³/mol. The fourth-order valence-corrected chi connectivity index (χ4v) is 1.17. The summed E-state index contributed by atoms with van der Waals surface area (Å²) in [6.45, 7) is 0.458. The second-order valence-corrected chi connectivity index (χ2v) is 3.14. The Balaban J connectivity index is 2.89. The van der Waals surface area contributed by atoms with Crippen molar-refractivity contribution < 1.29 is 0 Å². The highest BCUT2D eigenvalue weighted by atomic mass is 35.5. The van der Waals surface area contributed by atoms with Gasteiger partial charge in [0.2, 0.25) is 0 Å². The molecule has 0 radical (unpaired) electrons. The summed E-state index contributed by atoms with van der Waals surface area (Å²) in [6.07, 6.45) is 7.65. The van der Waals surface area contributed by atoms with Crippen molar-refractivity contribution in [3.8, 4) is 12.3 Å². The van der Waals surface area contributed by atoms with Crippen LogP contribution in [0.4, 0.5) is 0 Å². The van der Waals surface area contributed by atoms with Crippen molar-refractivity contribution in [1.82, 2.24) is 9.55 Å². The van der Waals surface area contributed by atoms with Crippen LogP contribution in [0.3, 0.4) is 0 Å². The topological polar surface area (TPSA) is 54.9 Å². The van der Waals surface area contributed by atoms with E-state index in [-0.39, 0.29) is 5.02 Å². The predicted octanol–water partition coefficient (Wildman–Crippen LogP) is 0.603. The molecule has 1 N–H and O–H groups in total. The van der Waals surface area contributed by atoms with E-state index in [1.54, 1.807) is 0 Å². The molecule has 0 aromatic carbocycles. The van der Waals surface area contributed by atoms with Crippen LogP contribution in [0.15, 0.2) is 15.8 Å². The largest absolute Gasteiger partial charge is 0.328 e. The van der Waals surface area contributed by atoms with Gasteiger partial charge in [-0.1, -0.05) is 11.6 Å². The molecule has 0 amide bonds. The van der Waals surface area contributed by atoms with Crippen molar-refractivity contribution in [3.05, 3.63) is 32.1 Å². The summed E-state index contributed by atoms with van der Waals surface area (Å²) < 4.78 is 1.33. The molecule has 0 bridgehead atoms. The van der Waals surface area contributed by atoms with Crippen LogP contribution in [-0.4, -0.2) is 9.55 Å². The van der Waals surface area contributed by atoms with E-state index in [1.807, 2.05) is 0 Å². The molecule has 1 heterocycles. The normalized spacial score (nSPS) is 9.71. The molecule has 14 heavy (non-hydrogen) atoms. The van der Waals surface area contributed by atoms with Crippen LogP contribution in [0.5, 0.6) is 0 Å². The molecule has 1 rings (SSSR count). The van der Waals surface area contributed by atoms with E-state index in [2.05, 4.69) is 10.9 Å². The van der Waals surface area contributed by atoms with Gasteiger partial charge in [0.1, 0.15) is 5.02 Å². The first-order valence-corrected chi connectivity index (χ1v) is 4.45. The zero-order chi connectivity index (χ0) is 10.6. The summed E-state index contributed by atoms with van der Waals surface area (Å²) in [4.78, 5) is 24.2. The van der Waals surface area contributed by atoms with Crippen LogP contribution in [0, 0.1) is 12.3 Å². The monoisotopic (exact) mass is 212 g/mol. The fourth-order valence-electron chi connectivity index (χ4n) is 1.00. The Morgan fingerprint density at radius 2 is 2.29 bits per heavy atom. The van der Waals surface area contributed by atoms with Gasteiger partial charge in [0.15, 0.2) is 0 Å². The molecule has 0 aliphatic heterocycles. The van der Waals surface area contributed by atoms with E-state index in [4.69, 9.17) is 18.0 Å². The summed E-state index contributed by atoms with van der Waals surface area (Å²) in [6, 6.07) is 0. The number of H-pyrrole nitrogens is 1. The molecule has 0 saturated carbocycles. The van der Waals surface area contributed by atoms with Gasteiger partial charge in [-0.15, -0.1) is 12.3 Å². The number of nitrogens with zero attached hydrogens (tertiary/aromatic N) is 1. The van der Waals surface area contributed by atoms with Gasteiger partial charge in [0, 0.05) is 19.2 Å². The van der Waals surface area contributed by atoms with E-state index in [9.17, 15) is 9.59 Å². The summed E-state index contributed by atoms with van der Waals surface area (Å²) in [5, 5.41) is 0.00491. The second kappa shape index (κ2) is 4.68. The molecule has 0 aliphatic carbocycles. The van der Waals surface area contributed by atoms with Crippen molar-refractivity contribution in [1.29, 1.82) is 0 Å². The minimum atomic E-state index is -0.565. The Hall–Kier alpha value is -1.47. The SMILES string of the molecule is C#CCCCn1cc(Cl)c(=O)[nH]c1=O. The van der Waals surface area contributed by atoms with Crippen molar-refractivity contribution in [2.45, 2.75) is 19.4 Å². The lowest BCUT2D eigenvalue weighted by molar-refractivity contribution is 0.614. The lowest BCUT2D eigenvalue weighted by Gasteiger charge is -2.02. The number of aromatic amines is 1. The van der Waals surface area contributed by atoms with Gasteiger partial charge in [-0.3, -0.25) is 14.3 Å². The minimum absolute atomic E-state index is 0.00491. The van der Waals surface area contributed by atoms with Crippen LogP contribution in [0.25, 0.3) is 0 Å². The molecule has 1 aromatic rings. The Kier molecular flexibility index (Phi) is 3.55. The van der Waals surface area contributed by atoms with Crippen molar-refractivity contribution in [2.75, 3.05) is 0 Å². The molecule has 1 aromatic heterocycles. The van der Waals surface area contributed by atoms with Crippen LogP contribution < -0.4 is 11.2 Å². The van der Waals surface area contributed by atoms with Gasteiger partial charge < -0.3 is 0 Å². The molecular formula is C9H9ClN2O2. The van der Waals surface area contributed by atoms with Gasteiger partial charge in [0.25, 0.3) is 5.56 Å². The maximum absolute atomic E-state index is 11.2. The van der Waals surface area contributed by atoms with Gasteiger partial charge in [-0.25, -0.2) is 4.79 Å². The van der Waals surface area contributed by atoms with Crippen molar-refractivity contribution in [3.63, 3.8) is 0 Å². The van der Waals surface area contributed by atoms with Crippen LogP contribution in [-0.2, 0) is 6.54 Å². The van der Waals surface area contributed by atoms with Crippen molar-refractivity contribution in [2.24, 2.45) is 0 Å². The number of unbranched alkanes of at least 4 members (excludes halogenated alkanes) is 1. The summed E-state index contributed by atoms with van der Waals surface area (Å²) in [5.74, 6) is 2.46. The number of hydrogen-bond acceptors (Lipinski definition) is 2. The molecule has 4 nitrogen and oxygen atoms in total. The first-order valence-electron chi connectivity index (χ1n) is 4.08. The smallest absolute Gasteiger partial charge is 0.299 e. The number of nitrogens with one attached hydrogen (secondary N) is 1. The van der Waals surface area contributed by atoms with E-state index in [1.165, 1.54) is 10.8 Å². The molecule has 0 unspecified atom stereocenters. The first kappa shape index (κ1) is 10.6. The van der Waals surface area contributed by atoms with Crippen LogP contribution in [0.2, 0.25) is 5.02 Å². The van der Waals surface area contributed by atoms with Crippen LogP contribution >= 0.6 is 11.6 Å². The molecule has 0 aliphatic rings. The Morgan fingerprint density at radius 3 is 2.93 bits per heavy atom. The minimum Gasteiger partial charge on any atom is -0.299 e. The fraction of sp³-hybridized carbons (Fsp3) is 0.333. The number of terminal acetylenes is 1. The van der Waals surface area contributed by atoms with E-state index in [0.29, 0.717) is 19.4 Å². The number of aryl methyl sites for hydroxylation is 1. The van der Waals surface area contributed by atoms with E-state index in [0.717, 1.165) is 0 Å². The number of aromatic nitrogens is 2. The van der Waals surface area contributed by atoms with Gasteiger partial charge >= 0.3 is 5.69 Å². The highest BCUT2D eigenvalue weighted by molar-refractivity contribution is 6.30. The second-order valence-electron chi connectivity index (χ2n) is 2.74. The van der Waals surface area contributed by atoms with Crippen LogP contribution in [0.1, 0.15) is 12.8 Å². The molecule has 0 saturated heterocycles. The third kappa shape index (κ3) is 2.51.